The Morgan fingerprint density at radius 2 is 1.74 bits per heavy atom. The standard InChI is InChI=1S/C22H26N2O3/c1-16(25)18-7-6-8-21(15-18)27-17(2)22(26)23-19-9-11-20(12-10-19)24-13-4-3-5-14-24/h6-12,15,17H,3-5,13-14H2,1-2H3,(H,23,26). The van der Waals surface area contributed by atoms with Crippen molar-refractivity contribution in [1.29, 1.82) is 0 Å². The summed E-state index contributed by atoms with van der Waals surface area (Å²) in [5.41, 5.74) is 2.50. The second-order valence-electron chi connectivity index (χ2n) is 6.93. The Morgan fingerprint density at radius 3 is 2.41 bits per heavy atom. The molecule has 142 valence electrons. The molecule has 2 aromatic rings. The van der Waals surface area contributed by atoms with E-state index in [0.29, 0.717) is 11.3 Å². The summed E-state index contributed by atoms with van der Waals surface area (Å²) in [6, 6.07) is 14.8. The fourth-order valence-electron chi connectivity index (χ4n) is 3.20. The van der Waals surface area contributed by atoms with Gasteiger partial charge in [-0.1, -0.05) is 12.1 Å². The molecule has 1 atom stereocenters. The Bertz CT molecular complexity index is 795. The maximum Gasteiger partial charge on any atom is 0.265 e. The molecule has 2 aromatic carbocycles. The van der Waals surface area contributed by atoms with E-state index in [0.717, 1.165) is 18.8 Å². The molecule has 1 unspecified atom stereocenters. The molecule has 1 heterocycles. The SMILES string of the molecule is CC(=O)c1cccc(OC(C)C(=O)Nc2ccc(N3CCCCC3)cc2)c1. The fourth-order valence-corrected chi connectivity index (χ4v) is 3.20. The summed E-state index contributed by atoms with van der Waals surface area (Å²) in [5.74, 6) is 0.242. The minimum Gasteiger partial charge on any atom is -0.481 e. The summed E-state index contributed by atoms with van der Waals surface area (Å²) in [4.78, 5) is 26.2. The molecule has 0 spiro atoms. The average Bonchev–Trinajstić information content (AvgIpc) is 2.69. The van der Waals surface area contributed by atoms with Crippen LogP contribution >= 0.6 is 0 Å². The van der Waals surface area contributed by atoms with Crippen LogP contribution in [0.3, 0.4) is 0 Å². The van der Waals surface area contributed by atoms with Gasteiger partial charge in [0.25, 0.3) is 5.91 Å². The molecule has 0 saturated carbocycles. The van der Waals surface area contributed by atoms with Crippen LogP contribution in [0.4, 0.5) is 11.4 Å². The molecule has 1 aliphatic heterocycles. The van der Waals surface area contributed by atoms with Crippen molar-refractivity contribution in [2.75, 3.05) is 23.3 Å². The quantitative estimate of drug-likeness (QED) is 0.775. The zero-order valence-electron chi connectivity index (χ0n) is 15.9. The van der Waals surface area contributed by atoms with Gasteiger partial charge in [-0.2, -0.15) is 0 Å². The largest absolute Gasteiger partial charge is 0.481 e. The van der Waals surface area contributed by atoms with Gasteiger partial charge >= 0.3 is 0 Å². The van der Waals surface area contributed by atoms with Crippen LogP contribution in [0.1, 0.15) is 43.5 Å². The fraction of sp³-hybridized carbons (Fsp3) is 0.364. The predicted octanol–water partition coefficient (Wildman–Crippen LogP) is 4.29. The van der Waals surface area contributed by atoms with Crippen LogP contribution in [0.2, 0.25) is 0 Å². The minimum absolute atomic E-state index is 0.0358. The Kier molecular flexibility index (Phi) is 6.12. The van der Waals surface area contributed by atoms with Crippen LogP contribution < -0.4 is 15.0 Å². The molecular weight excluding hydrogens is 340 g/mol. The Morgan fingerprint density at radius 1 is 1.04 bits per heavy atom. The number of piperidine rings is 1. The third-order valence-electron chi connectivity index (χ3n) is 4.78. The number of carbonyl (C=O) groups excluding carboxylic acids is 2. The van der Waals surface area contributed by atoms with E-state index < -0.39 is 6.10 Å². The van der Waals surface area contributed by atoms with E-state index in [1.165, 1.54) is 31.9 Å². The predicted molar refractivity (Wildman–Crippen MR) is 108 cm³/mol. The second kappa shape index (κ2) is 8.71. The number of hydrogen-bond donors (Lipinski definition) is 1. The van der Waals surface area contributed by atoms with Gasteiger partial charge in [-0.25, -0.2) is 0 Å². The van der Waals surface area contributed by atoms with Crippen LogP contribution in [0.25, 0.3) is 0 Å². The highest BCUT2D eigenvalue weighted by molar-refractivity contribution is 5.95. The summed E-state index contributed by atoms with van der Waals surface area (Å²) < 4.78 is 5.69. The number of hydrogen-bond acceptors (Lipinski definition) is 4. The molecule has 5 heteroatoms. The monoisotopic (exact) mass is 366 g/mol. The number of rotatable bonds is 6. The van der Waals surface area contributed by atoms with E-state index in [2.05, 4.69) is 10.2 Å². The second-order valence-corrected chi connectivity index (χ2v) is 6.93. The van der Waals surface area contributed by atoms with Gasteiger partial charge in [-0.3, -0.25) is 9.59 Å². The van der Waals surface area contributed by atoms with Gasteiger partial charge in [0.1, 0.15) is 5.75 Å². The number of amides is 1. The number of benzene rings is 2. The molecule has 1 amide bonds. The number of nitrogens with zero attached hydrogens (tertiary/aromatic N) is 1. The molecule has 3 rings (SSSR count). The maximum atomic E-state index is 12.4. The van der Waals surface area contributed by atoms with Crippen molar-refractivity contribution in [3.05, 3.63) is 54.1 Å². The van der Waals surface area contributed by atoms with Crippen LogP contribution in [0.5, 0.6) is 5.75 Å². The van der Waals surface area contributed by atoms with Crippen molar-refractivity contribution in [2.24, 2.45) is 0 Å². The highest BCUT2D eigenvalue weighted by atomic mass is 16.5. The van der Waals surface area contributed by atoms with Gasteiger partial charge in [0, 0.05) is 30.0 Å². The number of carbonyl (C=O) groups is 2. The Hall–Kier alpha value is -2.82. The van der Waals surface area contributed by atoms with Crippen molar-refractivity contribution in [3.8, 4) is 5.75 Å². The zero-order chi connectivity index (χ0) is 19.2. The highest BCUT2D eigenvalue weighted by Gasteiger charge is 2.16. The lowest BCUT2D eigenvalue weighted by Gasteiger charge is -2.28. The van der Waals surface area contributed by atoms with E-state index in [4.69, 9.17) is 4.74 Å². The third-order valence-corrected chi connectivity index (χ3v) is 4.78. The number of ether oxygens (including phenoxy) is 1. The van der Waals surface area contributed by atoms with Crippen molar-refractivity contribution in [1.82, 2.24) is 0 Å². The van der Waals surface area contributed by atoms with Gasteiger partial charge in [0.05, 0.1) is 0 Å². The topological polar surface area (TPSA) is 58.6 Å². The van der Waals surface area contributed by atoms with Crippen molar-refractivity contribution in [3.63, 3.8) is 0 Å². The molecule has 0 radical (unpaired) electrons. The van der Waals surface area contributed by atoms with Gasteiger partial charge in [0.2, 0.25) is 0 Å². The number of nitrogens with one attached hydrogen (secondary N) is 1. The molecule has 0 aliphatic carbocycles. The van der Waals surface area contributed by atoms with E-state index in [1.807, 2.05) is 24.3 Å². The molecule has 1 aliphatic rings. The lowest BCUT2D eigenvalue weighted by atomic mass is 10.1. The van der Waals surface area contributed by atoms with Crippen LogP contribution in [0.15, 0.2) is 48.5 Å². The normalized spacial score (nSPS) is 15.1. The molecule has 0 bridgehead atoms. The van der Waals surface area contributed by atoms with Gasteiger partial charge in [-0.15, -0.1) is 0 Å². The molecule has 1 saturated heterocycles. The molecule has 0 aromatic heterocycles. The highest BCUT2D eigenvalue weighted by Crippen LogP contribution is 2.22. The molecule has 27 heavy (non-hydrogen) atoms. The first-order valence-electron chi connectivity index (χ1n) is 9.46. The zero-order valence-corrected chi connectivity index (χ0v) is 15.9. The van der Waals surface area contributed by atoms with Gasteiger partial charge in [-0.05, 0) is 69.5 Å². The lowest BCUT2D eigenvalue weighted by Crippen LogP contribution is -2.30. The van der Waals surface area contributed by atoms with Crippen molar-refractivity contribution < 1.29 is 14.3 Å². The van der Waals surface area contributed by atoms with E-state index in [-0.39, 0.29) is 11.7 Å². The first-order chi connectivity index (χ1) is 13.0. The molecule has 1 fully saturated rings. The molecular formula is C22H26N2O3. The number of anilines is 2. The van der Waals surface area contributed by atoms with Crippen LogP contribution in [-0.4, -0.2) is 30.9 Å². The Balaban J connectivity index is 1.57. The van der Waals surface area contributed by atoms with Crippen LogP contribution in [-0.2, 0) is 4.79 Å². The first-order valence-corrected chi connectivity index (χ1v) is 9.46. The number of Topliss-reactive ketones (excluding diaryl/α,β-unsaturated/α-hetero) is 1. The maximum absolute atomic E-state index is 12.4. The van der Waals surface area contributed by atoms with E-state index in [9.17, 15) is 9.59 Å². The van der Waals surface area contributed by atoms with Gasteiger partial charge < -0.3 is 15.0 Å². The Labute approximate surface area is 160 Å². The lowest BCUT2D eigenvalue weighted by molar-refractivity contribution is -0.122. The van der Waals surface area contributed by atoms with Crippen molar-refractivity contribution in [2.45, 2.75) is 39.2 Å². The minimum atomic E-state index is -0.672. The number of ketones is 1. The summed E-state index contributed by atoms with van der Waals surface area (Å²) in [5, 5.41) is 2.88. The third kappa shape index (κ3) is 5.09. The van der Waals surface area contributed by atoms with E-state index >= 15 is 0 Å². The van der Waals surface area contributed by atoms with Gasteiger partial charge in [0.15, 0.2) is 11.9 Å². The van der Waals surface area contributed by atoms with Crippen LogP contribution in [0, 0.1) is 0 Å². The summed E-state index contributed by atoms with van der Waals surface area (Å²) >= 11 is 0. The van der Waals surface area contributed by atoms with Crippen molar-refractivity contribution >= 4 is 23.1 Å². The molecule has 5 nitrogen and oxygen atoms in total. The first kappa shape index (κ1) is 19.0. The summed E-state index contributed by atoms with van der Waals surface area (Å²) in [6.45, 7) is 5.38. The van der Waals surface area contributed by atoms with E-state index in [1.54, 1.807) is 31.2 Å². The average molecular weight is 366 g/mol. The summed E-state index contributed by atoms with van der Waals surface area (Å²) in [6.07, 6.45) is 3.10. The molecule has 1 N–H and O–H groups in total. The smallest absolute Gasteiger partial charge is 0.265 e. The summed E-state index contributed by atoms with van der Waals surface area (Å²) in [7, 11) is 0.